The summed E-state index contributed by atoms with van der Waals surface area (Å²) in [6.45, 7) is 6.73. The SMILES string of the molecule is Cc1c(C(=O)O)sc2nc(CCCc3ccc(OCCC(C)C)cc3)[nH]c(=O)c12. The van der Waals surface area contributed by atoms with E-state index in [4.69, 9.17) is 4.74 Å². The van der Waals surface area contributed by atoms with Gasteiger partial charge in [-0.05, 0) is 55.4 Å². The zero-order chi connectivity index (χ0) is 21.0. The van der Waals surface area contributed by atoms with Crippen LogP contribution in [0.1, 0.15) is 53.3 Å². The van der Waals surface area contributed by atoms with Gasteiger partial charge in [-0.1, -0.05) is 26.0 Å². The molecule has 2 heterocycles. The molecular weight excluding hydrogens is 388 g/mol. The highest BCUT2D eigenvalue weighted by Crippen LogP contribution is 2.27. The Hall–Kier alpha value is -2.67. The molecule has 3 rings (SSSR count). The van der Waals surface area contributed by atoms with Crippen LogP contribution >= 0.6 is 11.3 Å². The molecule has 2 N–H and O–H groups in total. The highest BCUT2D eigenvalue weighted by molar-refractivity contribution is 7.20. The number of nitrogens with one attached hydrogen (secondary N) is 1. The normalized spacial score (nSPS) is 11.3. The number of aryl methyl sites for hydroxylation is 3. The molecule has 0 saturated carbocycles. The second kappa shape index (κ2) is 9.22. The van der Waals surface area contributed by atoms with Crippen LogP contribution < -0.4 is 10.3 Å². The monoisotopic (exact) mass is 414 g/mol. The number of carboxylic acid groups (broad SMARTS) is 1. The summed E-state index contributed by atoms with van der Waals surface area (Å²) in [5.41, 5.74) is 1.41. The smallest absolute Gasteiger partial charge is 0.346 e. The number of rotatable bonds is 9. The van der Waals surface area contributed by atoms with Crippen molar-refractivity contribution in [1.29, 1.82) is 0 Å². The van der Waals surface area contributed by atoms with Crippen LogP contribution in [0.15, 0.2) is 29.1 Å². The second-order valence-corrected chi connectivity index (χ2v) is 8.58. The van der Waals surface area contributed by atoms with Crippen molar-refractivity contribution in [2.45, 2.75) is 46.5 Å². The quantitative estimate of drug-likeness (QED) is 0.534. The molecule has 0 bridgehead atoms. The summed E-state index contributed by atoms with van der Waals surface area (Å²) in [5.74, 6) is 1.08. The number of fused-ring (bicyclic) bond motifs is 1. The van der Waals surface area contributed by atoms with E-state index in [9.17, 15) is 14.7 Å². The summed E-state index contributed by atoms with van der Waals surface area (Å²) >= 11 is 1.06. The predicted molar refractivity (Wildman–Crippen MR) is 115 cm³/mol. The van der Waals surface area contributed by atoms with E-state index in [2.05, 4.69) is 35.9 Å². The first kappa shape index (κ1) is 21.0. The average Bonchev–Trinajstić information content (AvgIpc) is 3.00. The molecule has 0 aliphatic heterocycles. The Balaban J connectivity index is 1.59. The number of hydrogen-bond donors (Lipinski definition) is 2. The van der Waals surface area contributed by atoms with Crippen molar-refractivity contribution in [2.75, 3.05) is 6.61 Å². The third-order valence-electron chi connectivity index (χ3n) is 4.81. The lowest BCUT2D eigenvalue weighted by Crippen LogP contribution is -2.12. The average molecular weight is 415 g/mol. The maximum atomic E-state index is 12.4. The fourth-order valence-electron chi connectivity index (χ4n) is 3.14. The molecule has 0 radical (unpaired) electrons. The van der Waals surface area contributed by atoms with E-state index in [1.807, 2.05) is 12.1 Å². The van der Waals surface area contributed by atoms with Crippen LogP contribution in [0.2, 0.25) is 0 Å². The molecule has 0 unspecified atom stereocenters. The first-order chi connectivity index (χ1) is 13.8. The Morgan fingerprint density at radius 3 is 2.62 bits per heavy atom. The van der Waals surface area contributed by atoms with E-state index < -0.39 is 5.97 Å². The Morgan fingerprint density at radius 2 is 1.97 bits per heavy atom. The van der Waals surface area contributed by atoms with Crippen LogP contribution in [0, 0.1) is 12.8 Å². The summed E-state index contributed by atoms with van der Waals surface area (Å²) in [7, 11) is 0. The molecule has 0 saturated heterocycles. The maximum absolute atomic E-state index is 12.4. The maximum Gasteiger partial charge on any atom is 0.346 e. The highest BCUT2D eigenvalue weighted by Gasteiger charge is 2.18. The Kier molecular flexibility index (Phi) is 6.69. The van der Waals surface area contributed by atoms with Crippen LogP contribution in [0.4, 0.5) is 0 Å². The molecule has 0 aliphatic rings. The van der Waals surface area contributed by atoms with Crippen LogP contribution in [0.3, 0.4) is 0 Å². The first-order valence-corrected chi connectivity index (χ1v) is 10.6. The number of benzene rings is 1. The van der Waals surface area contributed by atoms with E-state index in [-0.39, 0.29) is 10.4 Å². The van der Waals surface area contributed by atoms with Crippen LogP contribution in [-0.4, -0.2) is 27.7 Å². The number of nitrogens with zero attached hydrogens (tertiary/aromatic N) is 1. The lowest BCUT2D eigenvalue weighted by atomic mass is 10.1. The third kappa shape index (κ3) is 5.23. The summed E-state index contributed by atoms with van der Waals surface area (Å²) < 4.78 is 5.74. The number of aromatic amines is 1. The second-order valence-electron chi connectivity index (χ2n) is 7.58. The molecular formula is C22H26N2O4S. The van der Waals surface area contributed by atoms with Gasteiger partial charge in [-0.25, -0.2) is 9.78 Å². The van der Waals surface area contributed by atoms with Crippen molar-refractivity contribution < 1.29 is 14.6 Å². The van der Waals surface area contributed by atoms with Gasteiger partial charge in [-0.3, -0.25) is 4.79 Å². The molecule has 6 nitrogen and oxygen atoms in total. The van der Waals surface area contributed by atoms with Crippen molar-refractivity contribution in [2.24, 2.45) is 5.92 Å². The molecule has 0 aliphatic carbocycles. The Labute approximate surface area is 173 Å². The summed E-state index contributed by atoms with van der Waals surface area (Å²) in [6.07, 6.45) is 3.35. The molecule has 0 spiro atoms. The van der Waals surface area contributed by atoms with Crippen molar-refractivity contribution in [3.05, 3.63) is 56.4 Å². The van der Waals surface area contributed by atoms with Gasteiger partial charge in [0.2, 0.25) is 0 Å². The van der Waals surface area contributed by atoms with E-state index in [0.717, 1.165) is 43.0 Å². The molecule has 2 aromatic heterocycles. The number of aromatic carboxylic acids is 1. The van der Waals surface area contributed by atoms with E-state index in [0.29, 0.717) is 33.9 Å². The number of carboxylic acids is 1. The van der Waals surface area contributed by atoms with Crippen molar-refractivity contribution in [3.8, 4) is 5.75 Å². The Morgan fingerprint density at radius 1 is 1.24 bits per heavy atom. The zero-order valence-corrected chi connectivity index (χ0v) is 17.8. The van der Waals surface area contributed by atoms with Gasteiger partial charge in [0.15, 0.2) is 0 Å². The minimum absolute atomic E-state index is 0.172. The Bertz CT molecular complexity index is 1050. The summed E-state index contributed by atoms with van der Waals surface area (Å²) in [6, 6.07) is 8.10. The molecule has 0 fully saturated rings. The molecule has 0 amide bonds. The molecule has 29 heavy (non-hydrogen) atoms. The predicted octanol–water partition coefficient (Wildman–Crippen LogP) is 4.59. The van der Waals surface area contributed by atoms with Crippen molar-refractivity contribution in [1.82, 2.24) is 9.97 Å². The standard InChI is InChI=1S/C22H26N2O4S/c1-13(2)11-12-28-16-9-7-15(8-10-16)5-4-6-17-23-20(25)18-14(3)19(22(26)27)29-21(18)24-17/h7-10,13H,4-6,11-12H2,1-3H3,(H,26,27)(H,23,24,25). The minimum atomic E-state index is -1.02. The van der Waals surface area contributed by atoms with Crippen LogP contribution in [0.5, 0.6) is 5.75 Å². The lowest BCUT2D eigenvalue weighted by molar-refractivity contribution is 0.0701. The van der Waals surface area contributed by atoms with Crippen molar-refractivity contribution in [3.63, 3.8) is 0 Å². The van der Waals surface area contributed by atoms with Crippen molar-refractivity contribution >= 4 is 27.5 Å². The highest BCUT2D eigenvalue weighted by atomic mass is 32.1. The number of aromatic nitrogens is 2. The third-order valence-corrected chi connectivity index (χ3v) is 5.98. The van der Waals surface area contributed by atoms with Gasteiger partial charge in [0.05, 0.1) is 12.0 Å². The minimum Gasteiger partial charge on any atom is -0.494 e. The van der Waals surface area contributed by atoms with E-state index >= 15 is 0 Å². The van der Waals surface area contributed by atoms with Gasteiger partial charge in [0.1, 0.15) is 21.3 Å². The van der Waals surface area contributed by atoms with Crippen LogP contribution in [0.25, 0.3) is 10.2 Å². The van der Waals surface area contributed by atoms with Gasteiger partial charge >= 0.3 is 5.97 Å². The molecule has 7 heteroatoms. The fourth-order valence-corrected chi connectivity index (χ4v) is 4.18. The van der Waals surface area contributed by atoms with Crippen LogP contribution in [-0.2, 0) is 12.8 Å². The molecule has 154 valence electrons. The topological polar surface area (TPSA) is 92.3 Å². The van der Waals surface area contributed by atoms with E-state index in [1.165, 1.54) is 5.56 Å². The molecule has 3 aromatic rings. The number of hydrogen-bond acceptors (Lipinski definition) is 5. The van der Waals surface area contributed by atoms with Gasteiger partial charge < -0.3 is 14.8 Å². The largest absolute Gasteiger partial charge is 0.494 e. The molecule has 0 atom stereocenters. The van der Waals surface area contributed by atoms with E-state index in [1.54, 1.807) is 6.92 Å². The fraction of sp³-hybridized carbons (Fsp3) is 0.409. The number of carbonyl (C=O) groups is 1. The summed E-state index contributed by atoms with van der Waals surface area (Å²) in [5, 5.41) is 9.63. The summed E-state index contributed by atoms with van der Waals surface area (Å²) in [4.78, 5) is 31.6. The van der Waals surface area contributed by atoms with Gasteiger partial charge in [-0.2, -0.15) is 0 Å². The van der Waals surface area contributed by atoms with Gasteiger partial charge in [0.25, 0.3) is 5.56 Å². The molecule has 1 aromatic carbocycles. The number of H-pyrrole nitrogens is 1. The number of ether oxygens (including phenoxy) is 1. The first-order valence-electron chi connectivity index (χ1n) is 9.82. The number of thiophene rings is 1. The lowest BCUT2D eigenvalue weighted by Gasteiger charge is -2.09. The van der Waals surface area contributed by atoms with Gasteiger partial charge in [0, 0.05) is 6.42 Å². The van der Waals surface area contributed by atoms with Gasteiger partial charge in [-0.15, -0.1) is 11.3 Å². The zero-order valence-electron chi connectivity index (χ0n) is 16.9.